The third-order valence-electron chi connectivity index (χ3n) is 5.55. The Bertz CT molecular complexity index is 1070. The molecule has 2 amide bonds. The van der Waals surface area contributed by atoms with Gasteiger partial charge in [0.05, 0.1) is 42.6 Å². The molecule has 1 aliphatic rings. The molecule has 1 atom stereocenters. The Morgan fingerprint density at radius 3 is 2.90 bits per heavy atom. The minimum atomic E-state index is -0.710. The second-order valence-electron chi connectivity index (χ2n) is 7.51. The zero-order chi connectivity index (χ0) is 21.3. The second kappa shape index (κ2) is 8.27. The molecule has 158 valence electrons. The number of fused-ring (bicyclic) bond motifs is 1. The van der Waals surface area contributed by atoms with Gasteiger partial charge in [-0.25, -0.2) is 4.98 Å². The molecule has 1 unspecified atom stereocenters. The summed E-state index contributed by atoms with van der Waals surface area (Å²) in [4.78, 5) is 31.6. The van der Waals surface area contributed by atoms with E-state index in [-0.39, 0.29) is 24.8 Å². The van der Waals surface area contributed by atoms with E-state index in [9.17, 15) is 9.59 Å². The number of anilines is 1. The molecule has 3 heterocycles. The van der Waals surface area contributed by atoms with Gasteiger partial charge in [0.2, 0.25) is 5.91 Å². The lowest BCUT2D eigenvalue weighted by Gasteiger charge is -2.32. The van der Waals surface area contributed by atoms with Crippen LogP contribution in [0.1, 0.15) is 23.9 Å². The van der Waals surface area contributed by atoms with Crippen LogP contribution in [0.5, 0.6) is 0 Å². The number of hydrogen-bond donors (Lipinski definition) is 2. The summed E-state index contributed by atoms with van der Waals surface area (Å²) < 4.78 is 7.68. The number of aromatic amines is 1. The summed E-state index contributed by atoms with van der Waals surface area (Å²) in [5, 5.41) is 9.93. The number of rotatable bonds is 5. The molecule has 3 aromatic rings. The van der Waals surface area contributed by atoms with Gasteiger partial charge in [-0.2, -0.15) is 5.10 Å². The summed E-state index contributed by atoms with van der Waals surface area (Å²) in [7, 11) is 0. The first kappa shape index (κ1) is 20.1. The Hall–Kier alpha value is -3.20. The molecule has 2 N–H and O–H groups in total. The molecule has 0 bridgehead atoms. The van der Waals surface area contributed by atoms with Crippen molar-refractivity contribution in [2.24, 2.45) is 0 Å². The van der Waals surface area contributed by atoms with E-state index in [0.717, 1.165) is 34.5 Å². The lowest BCUT2D eigenvalue weighted by molar-refractivity contribution is -0.144. The van der Waals surface area contributed by atoms with Crippen LogP contribution in [0.25, 0.3) is 11.0 Å². The lowest BCUT2D eigenvalue weighted by atomic mass is 10.1. The summed E-state index contributed by atoms with van der Waals surface area (Å²) in [6.07, 6.45) is 1.34. The van der Waals surface area contributed by atoms with E-state index in [1.807, 2.05) is 36.6 Å². The number of nitrogens with zero attached hydrogens (tertiary/aromatic N) is 4. The number of benzene rings is 1. The van der Waals surface area contributed by atoms with Gasteiger partial charge >= 0.3 is 0 Å². The molecule has 0 aliphatic carbocycles. The first-order chi connectivity index (χ1) is 14.5. The molecule has 0 spiro atoms. The van der Waals surface area contributed by atoms with Crippen molar-refractivity contribution in [2.75, 3.05) is 25.0 Å². The highest BCUT2D eigenvalue weighted by molar-refractivity contribution is 5.96. The van der Waals surface area contributed by atoms with Crippen LogP contribution >= 0.6 is 0 Å². The van der Waals surface area contributed by atoms with Crippen molar-refractivity contribution < 1.29 is 14.3 Å². The monoisotopic (exact) mass is 410 g/mol. The molecule has 1 aromatic carbocycles. The van der Waals surface area contributed by atoms with Crippen molar-refractivity contribution in [3.8, 4) is 0 Å². The normalized spacial score (nSPS) is 16.8. The van der Waals surface area contributed by atoms with Crippen molar-refractivity contribution in [3.63, 3.8) is 0 Å². The minimum Gasteiger partial charge on any atom is -0.365 e. The molecule has 2 aromatic heterocycles. The number of aromatic nitrogens is 4. The number of amides is 2. The molecule has 1 saturated heterocycles. The Labute approximate surface area is 174 Å². The summed E-state index contributed by atoms with van der Waals surface area (Å²) in [6, 6.07) is 5.63. The number of carbonyl (C=O) groups excluding carboxylic acids is 2. The maximum Gasteiger partial charge on any atom is 0.255 e. The van der Waals surface area contributed by atoms with Gasteiger partial charge in [-0.3, -0.25) is 14.7 Å². The molecule has 0 saturated carbocycles. The summed E-state index contributed by atoms with van der Waals surface area (Å²) >= 11 is 0. The van der Waals surface area contributed by atoms with Crippen LogP contribution in [0.3, 0.4) is 0 Å². The van der Waals surface area contributed by atoms with Gasteiger partial charge in [0.15, 0.2) is 6.10 Å². The molecule has 9 heteroatoms. The predicted octanol–water partition coefficient (Wildman–Crippen LogP) is 1.80. The van der Waals surface area contributed by atoms with Crippen LogP contribution in [-0.2, 0) is 27.3 Å². The van der Waals surface area contributed by atoms with Crippen LogP contribution < -0.4 is 5.32 Å². The number of imidazole rings is 1. The van der Waals surface area contributed by atoms with Crippen molar-refractivity contribution in [1.29, 1.82) is 0 Å². The predicted molar refractivity (Wildman–Crippen MR) is 112 cm³/mol. The highest BCUT2D eigenvalue weighted by Crippen LogP contribution is 2.19. The third-order valence-corrected chi connectivity index (χ3v) is 5.55. The second-order valence-corrected chi connectivity index (χ2v) is 7.51. The number of nitrogens with one attached hydrogen (secondary N) is 2. The Morgan fingerprint density at radius 2 is 2.17 bits per heavy atom. The maximum atomic E-state index is 12.8. The molecule has 0 radical (unpaired) electrons. The molecule has 9 nitrogen and oxygen atoms in total. The zero-order valence-electron chi connectivity index (χ0n) is 17.4. The Kier molecular flexibility index (Phi) is 5.54. The van der Waals surface area contributed by atoms with Crippen molar-refractivity contribution in [2.45, 2.75) is 39.8 Å². The molecular formula is C21H26N6O3. The average Bonchev–Trinajstić information content (AvgIpc) is 3.31. The fraction of sp³-hybridized carbons (Fsp3) is 0.429. The van der Waals surface area contributed by atoms with Crippen molar-refractivity contribution in [1.82, 2.24) is 24.6 Å². The number of carbonyl (C=O) groups is 2. The van der Waals surface area contributed by atoms with Crippen LogP contribution in [-0.4, -0.2) is 62.3 Å². The van der Waals surface area contributed by atoms with E-state index in [1.54, 1.807) is 11.2 Å². The summed E-state index contributed by atoms with van der Waals surface area (Å²) in [5.74, 6) is -0.298. The van der Waals surface area contributed by atoms with E-state index in [2.05, 4.69) is 27.4 Å². The number of aryl methyl sites for hydroxylation is 3. The van der Waals surface area contributed by atoms with Gasteiger partial charge in [0.25, 0.3) is 5.91 Å². The van der Waals surface area contributed by atoms with Crippen LogP contribution in [0.2, 0.25) is 0 Å². The van der Waals surface area contributed by atoms with E-state index >= 15 is 0 Å². The minimum absolute atomic E-state index is 0.0322. The van der Waals surface area contributed by atoms with Crippen LogP contribution in [0.15, 0.2) is 24.5 Å². The number of hydrogen-bond acceptors (Lipinski definition) is 5. The van der Waals surface area contributed by atoms with Gasteiger partial charge in [0.1, 0.15) is 0 Å². The molecule has 30 heavy (non-hydrogen) atoms. The van der Waals surface area contributed by atoms with Crippen LogP contribution in [0.4, 0.5) is 5.69 Å². The molecule has 4 rings (SSSR count). The van der Waals surface area contributed by atoms with Gasteiger partial charge < -0.3 is 19.5 Å². The Balaban J connectivity index is 1.40. The zero-order valence-corrected chi connectivity index (χ0v) is 17.4. The van der Waals surface area contributed by atoms with E-state index in [4.69, 9.17) is 4.74 Å². The Morgan fingerprint density at radius 1 is 1.33 bits per heavy atom. The van der Waals surface area contributed by atoms with Gasteiger partial charge in [0, 0.05) is 30.0 Å². The lowest BCUT2D eigenvalue weighted by Crippen LogP contribution is -2.50. The molecular weight excluding hydrogens is 384 g/mol. The number of ether oxygens (including phenoxy) is 1. The maximum absolute atomic E-state index is 12.8. The van der Waals surface area contributed by atoms with Gasteiger partial charge in [-0.1, -0.05) is 0 Å². The van der Waals surface area contributed by atoms with Crippen molar-refractivity contribution in [3.05, 3.63) is 41.5 Å². The quantitative estimate of drug-likeness (QED) is 0.667. The first-order valence-corrected chi connectivity index (χ1v) is 10.1. The smallest absolute Gasteiger partial charge is 0.255 e. The standard InChI is InChI=1S/C21H26N6O3/c1-4-26-12-22-17-9-15(5-6-18(17)26)23-21(29)19-11-27(7-8-30-19)20(28)10-16-13(2)24-25-14(16)3/h5-6,9,12,19H,4,7-8,10-11H2,1-3H3,(H,23,29)(H,24,25). The van der Waals surface area contributed by atoms with Gasteiger partial charge in [-0.05, 0) is 39.0 Å². The van der Waals surface area contributed by atoms with E-state index in [1.165, 1.54) is 0 Å². The average molecular weight is 410 g/mol. The summed E-state index contributed by atoms with van der Waals surface area (Å²) in [6.45, 7) is 7.69. The highest BCUT2D eigenvalue weighted by atomic mass is 16.5. The van der Waals surface area contributed by atoms with Crippen molar-refractivity contribution >= 4 is 28.5 Å². The SMILES string of the molecule is CCn1cnc2cc(NC(=O)C3CN(C(=O)Cc4c(C)n[nH]c4C)CCO3)ccc21. The number of H-pyrrole nitrogens is 1. The van der Waals surface area contributed by atoms with Gasteiger partial charge in [-0.15, -0.1) is 0 Å². The first-order valence-electron chi connectivity index (χ1n) is 10.1. The highest BCUT2D eigenvalue weighted by Gasteiger charge is 2.30. The molecule has 1 fully saturated rings. The number of morpholine rings is 1. The third kappa shape index (κ3) is 3.93. The fourth-order valence-corrected chi connectivity index (χ4v) is 3.75. The summed E-state index contributed by atoms with van der Waals surface area (Å²) in [5.41, 5.74) is 5.12. The van der Waals surface area contributed by atoms with E-state index in [0.29, 0.717) is 18.8 Å². The van der Waals surface area contributed by atoms with Crippen LogP contribution in [0, 0.1) is 13.8 Å². The molecule has 1 aliphatic heterocycles. The van der Waals surface area contributed by atoms with E-state index < -0.39 is 6.10 Å². The largest absolute Gasteiger partial charge is 0.365 e. The fourth-order valence-electron chi connectivity index (χ4n) is 3.75. The topological polar surface area (TPSA) is 105 Å².